The summed E-state index contributed by atoms with van der Waals surface area (Å²) in [4.78, 5) is 0. The fourth-order valence-corrected chi connectivity index (χ4v) is 3.80. The first kappa shape index (κ1) is 22.8. The smallest absolute Gasteiger partial charge is 0.178 e. The average Bonchev–Trinajstić information content (AvgIpc) is 3.20. The number of aryl methyl sites for hydroxylation is 1. The van der Waals surface area contributed by atoms with Crippen LogP contribution >= 0.6 is 23.2 Å². The van der Waals surface area contributed by atoms with Gasteiger partial charge in [0.2, 0.25) is 0 Å². The molecule has 1 heterocycles. The molecule has 0 unspecified atom stereocenters. The number of hydrogen-bond acceptors (Lipinski definition) is 6. The largest absolute Gasteiger partial charge is 0.507 e. The topological polar surface area (TPSA) is 74.0 Å². The van der Waals surface area contributed by atoms with Crippen LogP contribution in [0.5, 0.6) is 23.0 Å². The van der Waals surface area contributed by atoms with Gasteiger partial charge in [0.25, 0.3) is 0 Å². The summed E-state index contributed by atoms with van der Waals surface area (Å²) >= 11 is 12.0. The van der Waals surface area contributed by atoms with Gasteiger partial charge >= 0.3 is 0 Å². The molecule has 0 bridgehead atoms. The third-order valence-corrected chi connectivity index (χ3v) is 5.88. The standard InChI is InChI=1S/C25H21Cl2NO5/c1-14-24(16-5-9-22(30-2)23(11-16)31-3)25(33-28-14)18-7-6-17(12-21(18)29)32-13-15-4-8-19(26)20(27)10-15/h4-12,29H,13H2,1-3H3. The van der Waals surface area contributed by atoms with Crippen molar-refractivity contribution in [3.63, 3.8) is 0 Å². The van der Waals surface area contributed by atoms with Gasteiger partial charge in [-0.25, -0.2) is 0 Å². The number of nitrogens with zero attached hydrogens (tertiary/aromatic N) is 1. The number of hydrogen-bond donors (Lipinski definition) is 1. The maximum Gasteiger partial charge on any atom is 0.178 e. The van der Waals surface area contributed by atoms with Gasteiger partial charge in [-0.3, -0.25) is 0 Å². The molecule has 6 nitrogen and oxygen atoms in total. The summed E-state index contributed by atoms with van der Waals surface area (Å²) in [6.07, 6.45) is 0. The van der Waals surface area contributed by atoms with E-state index in [1.54, 1.807) is 38.5 Å². The monoisotopic (exact) mass is 485 g/mol. The minimum atomic E-state index is -0.000449. The number of methoxy groups -OCH3 is 2. The number of phenols is 1. The fourth-order valence-electron chi connectivity index (χ4n) is 3.47. The Morgan fingerprint density at radius 1 is 0.909 bits per heavy atom. The zero-order valence-electron chi connectivity index (χ0n) is 18.2. The Morgan fingerprint density at radius 3 is 2.39 bits per heavy atom. The highest BCUT2D eigenvalue weighted by atomic mass is 35.5. The van der Waals surface area contributed by atoms with Gasteiger partial charge in [0.15, 0.2) is 17.3 Å². The van der Waals surface area contributed by atoms with Crippen molar-refractivity contribution in [2.24, 2.45) is 0 Å². The number of rotatable bonds is 7. The molecule has 4 rings (SSSR count). The van der Waals surface area contributed by atoms with E-state index >= 15 is 0 Å². The number of benzene rings is 3. The summed E-state index contributed by atoms with van der Waals surface area (Å²) in [6, 6.07) is 15.8. The molecule has 0 aliphatic rings. The molecule has 0 saturated carbocycles. The maximum absolute atomic E-state index is 10.7. The van der Waals surface area contributed by atoms with Crippen LogP contribution in [-0.4, -0.2) is 24.5 Å². The molecule has 0 radical (unpaired) electrons. The molecule has 0 aliphatic carbocycles. The van der Waals surface area contributed by atoms with Crippen LogP contribution < -0.4 is 14.2 Å². The van der Waals surface area contributed by atoms with Gasteiger partial charge < -0.3 is 23.8 Å². The number of ether oxygens (including phenoxy) is 3. The Balaban J connectivity index is 1.62. The van der Waals surface area contributed by atoms with E-state index in [4.69, 9.17) is 41.9 Å². The highest BCUT2D eigenvalue weighted by Crippen LogP contribution is 2.42. The summed E-state index contributed by atoms with van der Waals surface area (Å²) in [7, 11) is 3.16. The van der Waals surface area contributed by atoms with Crippen molar-refractivity contribution < 1.29 is 23.8 Å². The van der Waals surface area contributed by atoms with E-state index in [9.17, 15) is 5.11 Å². The third-order valence-electron chi connectivity index (χ3n) is 5.14. The van der Waals surface area contributed by atoms with Crippen molar-refractivity contribution in [3.8, 4) is 45.4 Å². The van der Waals surface area contributed by atoms with E-state index in [0.29, 0.717) is 44.3 Å². The van der Waals surface area contributed by atoms with Crippen molar-refractivity contribution in [2.45, 2.75) is 13.5 Å². The van der Waals surface area contributed by atoms with E-state index in [-0.39, 0.29) is 12.4 Å². The number of aromatic hydroxyl groups is 1. The van der Waals surface area contributed by atoms with Crippen LogP contribution in [0.15, 0.2) is 59.1 Å². The zero-order valence-corrected chi connectivity index (χ0v) is 19.7. The van der Waals surface area contributed by atoms with E-state index < -0.39 is 0 Å². The van der Waals surface area contributed by atoms with Gasteiger partial charge in [0, 0.05) is 6.07 Å². The molecule has 0 spiro atoms. The van der Waals surface area contributed by atoms with Crippen LogP contribution in [0.25, 0.3) is 22.5 Å². The molecular weight excluding hydrogens is 465 g/mol. The first-order valence-electron chi connectivity index (χ1n) is 10.00. The van der Waals surface area contributed by atoms with Gasteiger partial charge in [0.05, 0.1) is 41.1 Å². The van der Waals surface area contributed by atoms with Crippen LogP contribution in [0.1, 0.15) is 11.3 Å². The molecule has 170 valence electrons. The molecule has 8 heteroatoms. The van der Waals surface area contributed by atoms with E-state index in [1.807, 2.05) is 31.2 Å². The molecule has 1 aromatic heterocycles. The Morgan fingerprint density at radius 2 is 1.70 bits per heavy atom. The van der Waals surface area contributed by atoms with Gasteiger partial charge in [-0.1, -0.05) is 40.5 Å². The highest BCUT2D eigenvalue weighted by Gasteiger charge is 2.21. The van der Waals surface area contributed by atoms with Gasteiger partial charge in [-0.15, -0.1) is 0 Å². The second-order valence-corrected chi connectivity index (χ2v) is 8.07. The lowest BCUT2D eigenvalue weighted by atomic mass is 9.99. The second-order valence-electron chi connectivity index (χ2n) is 7.26. The molecular formula is C25H21Cl2NO5. The van der Waals surface area contributed by atoms with Crippen LogP contribution in [0.2, 0.25) is 10.0 Å². The summed E-state index contributed by atoms with van der Waals surface area (Å²) < 4.78 is 22.1. The summed E-state index contributed by atoms with van der Waals surface area (Å²) in [5.74, 6) is 2.12. The highest BCUT2D eigenvalue weighted by molar-refractivity contribution is 6.42. The molecule has 0 atom stereocenters. The van der Waals surface area contributed by atoms with Crippen molar-refractivity contribution in [1.82, 2.24) is 5.16 Å². The Labute approximate surface area is 201 Å². The lowest BCUT2D eigenvalue weighted by Gasteiger charge is -2.11. The van der Waals surface area contributed by atoms with Gasteiger partial charge in [-0.05, 0) is 54.4 Å². The zero-order chi connectivity index (χ0) is 23.5. The molecule has 0 saturated heterocycles. The molecule has 0 aliphatic heterocycles. The quantitative estimate of drug-likeness (QED) is 0.306. The Kier molecular flexibility index (Phi) is 6.67. The normalized spacial score (nSPS) is 10.8. The Hall–Kier alpha value is -3.35. The van der Waals surface area contributed by atoms with Crippen LogP contribution in [-0.2, 0) is 6.61 Å². The van der Waals surface area contributed by atoms with Crippen molar-refractivity contribution in [3.05, 3.63) is 75.9 Å². The summed E-state index contributed by atoms with van der Waals surface area (Å²) in [5.41, 5.74) is 3.59. The second kappa shape index (κ2) is 9.65. The molecule has 0 fully saturated rings. The summed E-state index contributed by atoms with van der Waals surface area (Å²) in [6.45, 7) is 2.11. The molecule has 3 aromatic carbocycles. The lowest BCUT2D eigenvalue weighted by molar-refractivity contribution is 0.304. The van der Waals surface area contributed by atoms with Crippen molar-refractivity contribution >= 4 is 23.2 Å². The summed E-state index contributed by atoms with van der Waals surface area (Å²) in [5, 5.41) is 15.8. The average molecular weight is 486 g/mol. The van der Waals surface area contributed by atoms with E-state index in [2.05, 4.69) is 5.16 Å². The van der Waals surface area contributed by atoms with Crippen molar-refractivity contribution in [1.29, 1.82) is 0 Å². The van der Waals surface area contributed by atoms with Crippen LogP contribution in [0, 0.1) is 6.92 Å². The van der Waals surface area contributed by atoms with Crippen LogP contribution in [0.4, 0.5) is 0 Å². The molecule has 33 heavy (non-hydrogen) atoms. The van der Waals surface area contributed by atoms with Gasteiger partial charge in [0.1, 0.15) is 18.1 Å². The minimum absolute atomic E-state index is 0.000449. The van der Waals surface area contributed by atoms with Gasteiger partial charge in [-0.2, -0.15) is 0 Å². The van der Waals surface area contributed by atoms with Crippen molar-refractivity contribution in [2.75, 3.05) is 14.2 Å². The molecule has 4 aromatic rings. The molecule has 1 N–H and O–H groups in total. The minimum Gasteiger partial charge on any atom is -0.507 e. The lowest BCUT2D eigenvalue weighted by Crippen LogP contribution is -1.95. The van der Waals surface area contributed by atoms with E-state index in [0.717, 1.165) is 16.7 Å². The predicted molar refractivity (Wildman–Crippen MR) is 128 cm³/mol. The first-order chi connectivity index (χ1) is 15.9. The van der Waals surface area contributed by atoms with E-state index in [1.165, 1.54) is 6.07 Å². The number of aromatic nitrogens is 1. The maximum atomic E-state index is 10.7. The Bertz CT molecular complexity index is 1300. The SMILES string of the molecule is COc1ccc(-c2c(C)noc2-c2ccc(OCc3ccc(Cl)c(Cl)c3)cc2O)cc1OC. The van der Waals surface area contributed by atoms with Crippen LogP contribution in [0.3, 0.4) is 0 Å². The first-order valence-corrected chi connectivity index (χ1v) is 10.8. The molecule has 0 amide bonds. The number of halogens is 2. The fraction of sp³-hybridized carbons (Fsp3) is 0.160. The third kappa shape index (κ3) is 4.72. The number of phenolic OH excluding ortho intramolecular Hbond substituents is 1. The predicted octanol–water partition coefficient (Wildman–Crippen LogP) is 6.93.